The second-order valence-electron chi connectivity index (χ2n) is 6.18. The smallest absolute Gasteiger partial charge is 0.246 e. The lowest BCUT2D eigenvalue weighted by atomic mass is 9.97. The standard InChI is InChI=1S/C14H24N4O4S.ClH/c1-9-12(11(3)22-17-9)23(20,21)18-10(2)13(19)16-14(8-15)6-4-5-7-14;/h10,18H,4-8,15H2,1-3H3,(H,16,19);1H. The zero-order chi connectivity index (χ0) is 17.3. The largest absolute Gasteiger partial charge is 0.360 e. The SMILES string of the molecule is Cc1noc(C)c1S(=O)(=O)NC(C)C(=O)NC1(CN)CCCC1.Cl. The third-order valence-electron chi connectivity index (χ3n) is 4.30. The van der Waals surface area contributed by atoms with E-state index in [1.165, 1.54) is 20.8 Å². The highest BCUT2D eigenvalue weighted by molar-refractivity contribution is 7.89. The molecule has 0 saturated heterocycles. The fourth-order valence-corrected chi connectivity index (χ4v) is 4.54. The maximum absolute atomic E-state index is 12.4. The van der Waals surface area contributed by atoms with Gasteiger partial charge in [-0.25, -0.2) is 8.42 Å². The number of amides is 1. The molecule has 1 saturated carbocycles. The Morgan fingerprint density at radius 1 is 1.38 bits per heavy atom. The third-order valence-corrected chi connectivity index (χ3v) is 6.09. The summed E-state index contributed by atoms with van der Waals surface area (Å²) in [6, 6.07) is -0.919. The molecular formula is C14H25ClN4O4S. The van der Waals surface area contributed by atoms with Crippen molar-refractivity contribution in [2.45, 2.75) is 62.9 Å². The molecule has 0 radical (unpaired) electrons. The summed E-state index contributed by atoms with van der Waals surface area (Å²) in [7, 11) is -3.88. The van der Waals surface area contributed by atoms with Gasteiger partial charge in [-0.1, -0.05) is 18.0 Å². The van der Waals surface area contributed by atoms with Crippen LogP contribution in [0.2, 0.25) is 0 Å². The van der Waals surface area contributed by atoms with Gasteiger partial charge in [0.15, 0.2) is 5.76 Å². The van der Waals surface area contributed by atoms with E-state index in [4.69, 9.17) is 10.3 Å². The van der Waals surface area contributed by atoms with Crippen LogP contribution in [-0.4, -0.2) is 37.6 Å². The molecule has 1 aliphatic rings. The molecule has 0 bridgehead atoms. The van der Waals surface area contributed by atoms with Gasteiger partial charge < -0.3 is 15.6 Å². The van der Waals surface area contributed by atoms with Gasteiger partial charge >= 0.3 is 0 Å². The number of hydrogen-bond donors (Lipinski definition) is 3. The Kier molecular flexibility index (Phi) is 6.80. The topological polar surface area (TPSA) is 127 Å². The third kappa shape index (κ3) is 4.27. The number of rotatable bonds is 6. The summed E-state index contributed by atoms with van der Waals surface area (Å²) in [5, 5.41) is 6.54. The molecule has 4 N–H and O–H groups in total. The molecule has 138 valence electrons. The van der Waals surface area contributed by atoms with Crippen LogP contribution in [0.1, 0.15) is 44.1 Å². The van der Waals surface area contributed by atoms with Crippen molar-refractivity contribution < 1.29 is 17.7 Å². The first-order valence-electron chi connectivity index (χ1n) is 7.68. The van der Waals surface area contributed by atoms with Gasteiger partial charge in [0.2, 0.25) is 15.9 Å². The first-order chi connectivity index (χ1) is 10.7. The van der Waals surface area contributed by atoms with Gasteiger partial charge in [0.1, 0.15) is 10.6 Å². The predicted octanol–water partition coefficient (Wildman–Crippen LogP) is 0.768. The van der Waals surface area contributed by atoms with Crippen LogP contribution in [0.4, 0.5) is 0 Å². The Morgan fingerprint density at radius 3 is 2.42 bits per heavy atom. The minimum atomic E-state index is -3.88. The Morgan fingerprint density at radius 2 is 1.96 bits per heavy atom. The number of hydrogen-bond acceptors (Lipinski definition) is 6. The zero-order valence-electron chi connectivity index (χ0n) is 14.1. The summed E-state index contributed by atoms with van der Waals surface area (Å²) in [5.41, 5.74) is 5.63. The van der Waals surface area contributed by atoms with E-state index >= 15 is 0 Å². The number of carbonyl (C=O) groups excluding carboxylic acids is 1. The molecule has 1 aromatic heterocycles. The highest BCUT2D eigenvalue weighted by Crippen LogP contribution is 2.28. The van der Waals surface area contributed by atoms with E-state index < -0.39 is 21.6 Å². The minimum absolute atomic E-state index is 0. The normalized spacial score (nSPS) is 18.0. The molecule has 1 atom stereocenters. The Balaban J connectivity index is 0.00000288. The number of nitrogens with one attached hydrogen (secondary N) is 2. The maximum Gasteiger partial charge on any atom is 0.246 e. The van der Waals surface area contributed by atoms with Crippen molar-refractivity contribution in [3.8, 4) is 0 Å². The van der Waals surface area contributed by atoms with Crippen molar-refractivity contribution in [2.24, 2.45) is 5.73 Å². The molecule has 1 heterocycles. The monoisotopic (exact) mass is 380 g/mol. The predicted molar refractivity (Wildman–Crippen MR) is 91.4 cm³/mol. The van der Waals surface area contributed by atoms with Gasteiger partial charge in [0, 0.05) is 6.54 Å². The van der Waals surface area contributed by atoms with Gasteiger partial charge in [-0.05, 0) is 33.6 Å². The quantitative estimate of drug-likeness (QED) is 0.668. The van der Waals surface area contributed by atoms with Crippen molar-refractivity contribution in [3.05, 3.63) is 11.5 Å². The molecule has 0 spiro atoms. The number of halogens is 1. The molecule has 1 fully saturated rings. The first-order valence-corrected chi connectivity index (χ1v) is 9.16. The van der Waals surface area contributed by atoms with Crippen LogP contribution in [0, 0.1) is 13.8 Å². The van der Waals surface area contributed by atoms with Gasteiger partial charge in [0.25, 0.3) is 0 Å². The molecule has 2 rings (SSSR count). The summed E-state index contributed by atoms with van der Waals surface area (Å²) >= 11 is 0. The average Bonchev–Trinajstić information content (AvgIpc) is 3.06. The lowest BCUT2D eigenvalue weighted by Crippen LogP contribution is -2.56. The van der Waals surface area contributed by atoms with Gasteiger partial charge in [-0.3, -0.25) is 4.79 Å². The summed E-state index contributed by atoms with van der Waals surface area (Å²) in [6.45, 7) is 4.91. The van der Waals surface area contributed by atoms with Crippen LogP contribution in [0.3, 0.4) is 0 Å². The second kappa shape index (κ2) is 7.81. The van der Waals surface area contributed by atoms with E-state index in [1.54, 1.807) is 0 Å². The highest BCUT2D eigenvalue weighted by Gasteiger charge is 2.36. The van der Waals surface area contributed by atoms with Gasteiger partial charge in [-0.2, -0.15) is 4.72 Å². The van der Waals surface area contributed by atoms with Crippen molar-refractivity contribution in [3.63, 3.8) is 0 Å². The molecule has 1 unspecified atom stereocenters. The molecule has 1 aromatic rings. The summed E-state index contributed by atoms with van der Waals surface area (Å²) < 4.78 is 32.1. The highest BCUT2D eigenvalue weighted by atomic mass is 35.5. The van der Waals surface area contributed by atoms with Crippen molar-refractivity contribution >= 4 is 28.3 Å². The van der Waals surface area contributed by atoms with Crippen LogP contribution >= 0.6 is 12.4 Å². The Bertz CT molecular complexity index is 663. The number of sulfonamides is 1. The molecular weight excluding hydrogens is 356 g/mol. The van der Waals surface area contributed by atoms with E-state index in [-0.39, 0.29) is 34.7 Å². The Hall–Kier alpha value is -1.16. The molecule has 0 aromatic carbocycles. The summed E-state index contributed by atoms with van der Waals surface area (Å²) in [4.78, 5) is 12.3. The van der Waals surface area contributed by atoms with E-state index in [0.717, 1.165) is 25.7 Å². The van der Waals surface area contributed by atoms with E-state index in [0.29, 0.717) is 6.54 Å². The zero-order valence-corrected chi connectivity index (χ0v) is 15.7. The number of nitrogens with two attached hydrogens (primary N) is 1. The first kappa shape index (κ1) is 20.9. The molecule has 10 heteroatoms. The number of aromatic nitrogens is 1. The molecule has 0 aliphatic heterocycles. The average molecular weight is 381 g/mol. The summed E-state index contributed by atoms with van der Waals surface area (Å²) in [5.74, 6) is -0.190. The van der Waals surface area contributed by atoms with Gasteiger partial charge in [0.05, 0.1) is 11.6 Å². The number of carbonyl (C=O) groups is 1. The maximum atomic E-state index is 12.4. The number of nitrogens with zero attached hydrogens (tertiary/aromatic N) is 1. The lowest BCUT2D eigenvalue weighted by molar-refractivity contribution is -0.124. The van der Waals surface area contributed by atoms with Crippen molar-refractivity contribution in [1.82, 2.24) is 15.2 Å². The molecule has 24 heavy (non-hydrogen) atoms. The van der Waals surface area contributed by atoms with Crippen LogP contribution in [0.25, 0.3) is 0 Å². The molecule has 1 amide bonds. The van der Waals surface area contributed by atoms with Crippen molar-refractivity contribution in [2.75, 3.05) is 6.54 Å². The van der Waals surface area contributed by atoms with E-state index in [1.807, 2.05) is 0 Å². The fourth-order valence-electron chi connectivity index (χ4n) is 3.00. The van der Waals surface area contributed by atoms with Crippen LogP contribution in [-0.2, 0) is 14.8 Å². The molecule has 8 nitrogen and oxygen atoms in total. The van der Waals surface area contributed by atoms with E-state index in [2.05, 4.69) is 15.2 Å². The van der Waals surface area contributed by atoms with Crippen molar-refractivity contribution in [1.29, 1.82) is 0 Å². The lowest BCUT2D eigenvalue weighted by Gasteiger charge is -2.30. The Labute approximate surface area is 148 Å². The second-order valence-corrected chi connectivity index (χ2v) is 7.83. The minimum Gasteiger partial charge on any atom is -0.360 e. The van der Waals surface area contributed by atoms with E-state index in [9.17, 15) is 13.2 Å². The van der Waals surface area contributed by atoms with Crippen LogP contribution < -0.4 is 15.8 Å². The fraction of sp³-hybridized carbons (Fsp3) is 0.714. The van der Waals surface area contributed by atoms with Crippen LogP contribution in [0.15, 0.2) is 9.42 Å². The van der Waals surface area contributed by atoms with Crippen LogP contribution in [0.5, 0.6) is 0 Å². The number of aryl methyl sites for hydroxylation is 2. The molecule has 1 aliphatic carbocycles. The summed E-state index contributed by atoms with van der Waals surface area (Å²) in [6.07, 6.45) is 3.66. The van der Waals surface area contributed by atoms with Gasteiger partial charge in [-0.15, -0.1) is 12.4 Å².